The van der Waals surface area contributed by atoms with Crippen LogP contribution in [0.15, 0.2) is 109 Å². The fraction of sp³-hybridized carbons (Fsp3) is 0.0345. The molecule has 0 radical (unpaired) electrons. The fourth-order valence-corrected chi connectivity index (χ4v) is 3.70. The van der Waals surface area contributed by atoms with Crippen LogP contribution in [0.4, 0.5) is 5.69 Å². The second-order valence-corrected chi connectivity index (χ2v) is 7.69. The van der Waals surface area contributed by atoms with Crippen LogP contribution in [0.3, 0.4) is 0 Å². The molecule has 34 heavy (non-hydrogen) atoms. The zero-order valence-corrected chi connectivity index (χ0v) is 18.6. The van der Waals surface area contributed by atoms with Gasteiger partial charge in [-0.25, -0.2) is 4.98 Å². The molecule has 5 rings (SSSR count). The molecule has 1 aromatic heterocycles. The van der Waals surface area contributed by atoms with Gasteiger partial charge in [0.1, 0.15) is 17.2 Å². The number of nitrogens with zero attached hydrogens (tertiary/aromatic N) is 1. The van der Waals surface area contributed by atoms with E-state index in [4.69, 9.17) is 14.5 Å². The first-order chi connectivity index (χ1) is 16.7. The standard InChI is InChI=1S/C29H22N2O3/c1-33-22-15-11-20(12-16-22)28-19-26(25-9-5-6-10-27(25)31-28)29(32)30-21-13-17-24(18-14-21)34-23-7-3-2-4-8-23/h2-19H,1H3,(H,30,32). The number of amides is 1. The number of ether oxygens (including phenoxy) is 2. The van der Waals surface area contributed by atoms with E-state index in [2.05, 4.69) is 5.32 Å². The number of aromatic nitrogens is 1. The molecule has 4 aromatic carbocycles. The molecule has 1 heterocycles. The van der Waals surface area contributed by atoms with Gasteiger partial charge in [0.15, 0.2) is 0 Å². The minimum absolute atomic E-state index is 0.204. The number of methoxy groups -OCH3 is 1. The van der Waals surface area contributed by atoms with Crippen LogP contribution in [0.5, 0.6) is 17.2 Å². The number of benzene rings is 4. The predicted octanol–water partition coefficient (Wildman–Crippen LogP) is 6.96. The van der Waals surface area contributed by atoms with E-state index in [9.17, 15) is 4.79 Å². The van der Waals surface area contributed by atoms with Gasteiger partial charge in [-0.05, 0) is 72.8 Å². The summed E-state index contributed by atoms with van der Waals surface area (Å²) in [6, 6.07) is 34.0. The van der Waals surface area contributed by atoms with E-state index in [0.717, 1.165) is 33.7 Å². The van der Waals surface area contributed by atoms with E-state index in [0.29, 0.717) is 17.0 Å². The summed E-state index contributed by atoms with van der Waals surface area (Å²) in [5.74, 6) is 2.02. The molecule has 5 aromatic rings. The lowest BCUT2D eigenvalue weighted by Crippen LogP contribution is -2.13. The van der Waals surface area contributed by atoms with Crippen molar-refractivity contribution in [1.29, 1.82) is 0 Å². The molecule has 1 N–H and O–H groups in total. The van der Waals surface area contributed by atoms with Crippen molar-refractivity contribution in [2.24, 2.45) is 0 Å². The molecule has 166 valence electrons. The van der Waals surface area contributed by atoms with E-state index in [-0.39, 0.29) is 5.91 Å². The molecule has 0 aliphatic rings. The van der Waals surface area contributed by atoms with Crippen LogP contribution >= 0.6 is 0 Å². The number of para-hydroxylation sites is 2. The van der Waals surface area contributed by atoms with E-state index >= 15 is 0 Å². The predicted molar refractivity (Wildman–Crippen MR) is 135 cm³/mol. The molecule has 1 amide bonds. The first-order valence-electron chi connectivity index (χ1n) is 10.9. The molecule has 0 atom stereocenters. The number of rotatable bonds is 6. The highest BCUT2D eigenvalue weighted by Gasteiger charge is 2.14. The molecule has 0 saturated heterocycles. The van der Waals surface area contributed by atoms with Gasteiger partial charge in [-0.1, -0.05) is 36.4 Å². The van der Waals surface area contributed by atoms with Crippen molar-refractivity contribution in [3.05, 3.63) is 115 Å². The third kappa shape index (κ3) is 4.59. The molecule has 0 unspecified atom stereocenters. The Labute approximate surface area is 197 Å². The maximum atomic E-state index is 13.3. The normalized spacial score (nSPS) is 10.6. The van der Waals surface area contributed by atoms with E-state index in [1.165, 1.54) is 0 Å². The minimum atomic E-state index is -0.204. The number of carbonyl (C=O) groups excluding carboxylic acids is 1. The molecule has 5 heteroatoms. The number of fused-ring (bicyclic) bond motifs is 1. The van der Waals surface area contributed by atoms with Gasteiger partial charge in [0.05, 0.1) is 23.9 Å². The number of pyridine rings is 1. The van der Waals surface area contributed by atoms with E-state index < -0.39 is 0 Å². The van der Waals surface area contributed by atoms with Crippen molar-refractivity contribution in [3.63, 3.8) is 0 Å². The minimum Gasteiger partial charge on any atom is -0.497 e. The van der Waals surface area contributed by atoms with E-state index in [1.807, 2.05) is 109 Å². The van der Waals surface area contributed by atoms with Gasteiger partial charge in [0.2, 0.25) is 0 Å². The number of hydrogen-bond acceptors (Lipinski definition) is 4. The third-order valence-electron chi connectivity index (χ3n) is 5.44. The lowest BCUT2D eigenvalue weighted by molar-refractivity contribution is 0.102. The first-order valence-corrected chi connectivity index (χ1v) is 10.9. The van der Waals surface area contributed by atoms with Crippen LogP contribution in [-0.2, 0) is 0 Å². The monoisotopic (exact) mass is 446 g/mol. The highest BCUT2D eigenvalue weighted by Crippen LogP contribution is 2.28. The summed E-state index contributed by atoms with van der Waals surface area (Å²) < 4.78 is 11.1. The summed E-state index contributed by atoms with van der Waals surface area (Å²) in [6.45, 7) is 0. The molecule has 0 spiro atoms. The Morgan fingerprint density at radius 2 is 1.38 bits per heavy atom. The van der Waals surface area contributed by atoms with Gasteiger partial charge in [0.25, 0.3) is 5.91 Å². The van der Waals surface area contributed by atoms with Crippen molar-refractivity contribution < 1.29 is 14.3 Å². The summed E-state index contributed by atoms with van der Waals surface area (Å²) in [5.41, 5.74) is 3.62. The quantitative estimate of drug-likeness (QED) is 0.306. The highest BCUT2D eigenvalue weighted by molar-refractivity contribution is 6.13. The summed E-state index contributed by atoms with van der Waals surface area (Å²) in [7, 11) is 1.63. The van der Waals surface area contributed by atoms with Crippen LogP contribution in [0, 0.1) is 0 Å². The maximum absolute atomic E-state index is 13.3. The number of anilines is 1. The lowest BCUT2D eigenvalue weighted by Gasteiger charge is -2.12. The van der Waals surface area contributed by atoms with Gasteiger partial charge in [-0.15, -0.1) is 0 Å². The highest BCUT2D eigenvalue weighted by atomic mass is 16.5. The first kappa shape index (κ1) is 21.2. The van der Waals surface area contributed by atoms with Crippen LogP contribution in [0.1, 0.15) is 10.4 Å². The average Bonchev–Trinajstić information content (AvgIpc) is 2.90. The van der Waals surface area contributed by atoms with Crippen LogP contribution < -0.4 is 14.8 Å². The molecule has 0 aliphatic carbocycles. The lowest BCUT2D eigenvalue weighted by atomic mass is 10.0. The molecule has 0 aliphatic heterocycles. The van der Waals surface area contributed by atoms with Crippen LogP contribution in [0.2, 0.25) is 0 Å². The molecule has 0 saturated carbocycles. The number of nitrogens with one attached hydrogen (secondary N) is 1. The van der Waals surface area contributed by atoms with Gasteiger partial charge >= 0.3 is 0 Å². The Balaban J connectivity index is 1.42. The zero-order valence-electron chi connectivity index (χ0n) is 18.6. The topological polar surface area (TPSA) is 60.5 Å². The fourth-order valence-electron chi connectivity index (χ4n) is 3.70. The smallest absolute Gasteiger partial charge is 0.256 e. The van der Waals surface area contributed by atoms with Crippen molar-refractivity contribution in [2.75, 3.05) is 12.4 Å². The summed E-state index contributed by atoms with van der Waals surface area (Å²) in [6.07, 6.45) is 0. The molecular weight excluding hydrogens is 424 g/mol. The maximum Gasteiger partial charge on any atom is 0.256 e. The Morgan fingerprint density at radius 1 is 0.735 bits per heavy atom. The average molecular weight is 447 g/mol. The zero-order chi connectivity index (χ0) is 23.3. The molecular formula is C29H22N2O3. The Kier molecular flexibility index (Phi) is 5.91. The summed E-state index contributed by atoms with van der Waals surface area (Å²) >= 11 is 0. The SMILES string of the molecule is COc1ccc(-c2cc(C(=O)Nc3ccc(Oc4ccccc4)cc3)c3ccccc3n2)cc1. The Bertz CT molecular complexity index is 1430. The Hall–Kier alpha value is -4.64. The van der Waals surface area contributed by atoms with Crippen LogP contribution in [0.25, 0.3) is 22.2 Å². The van der Waals surface area contributed by atoms with Gasteiger partial charge < -0.3 is 14.8 Å². The second-order valence-electron chi connectivity index (χ2n) is 7.69. The molecule has 0 fully saturated rings. The summed E-state index contributed by atoms with van der Waals surface area (Å²) in [4.78, 5) is 18.1. The van der Waals surface area contributed by atoms with Crippen molar-refractivity contribution in [2.45, 2.75) is 0 Å². The van der Waals surface area contributed by atoms with Crippen molar-refractivity contribution in [1.82, 2.24) is 4.98 Å². The van der Waals surface area contributed by atoms with Gasteiger partial charge in [-0.2, -0.15) is 0 Å². The van der Waals surface area contributed by atoms with Gasteiger partial charge in [0, 0.05) is 16.6 Å². The number of hydrogen-bond donors (Lipinski definition) is 1. The largest absolute Gasteiger partial charge is 0.497 e. The van der Waals surface area contributed by atoms with E-state index in [1.54, 1.807) is 7.11 Å². The third-order valence-corrected chi connectivity index (χ3v) is 5.44. The van der Waals surface area contributed by atoms with Crippen molar-refractivity contribution >= 4 is 22.5 Å². The molecule has 5 nitrogen and oxygen atoms in total. The van der Waals surface area contributed by atoms with Crippen molar-refractivity contribution in [3.8, 4) is 28.5 Å². The second kappa shape index (κ2) is 9.46. The van der Waals surface area contributed by atoms with Crippen LogP contribution in [-0.4, -0.2) is 18.0 Å². The van der Waals surface area contributed by atoms with Gasteiger partial charge in [-0.3, -0.25) is 4.79 Å². The Morgan fingerprint density at radius 3 is 2.12 bits per heavy atom. The number of carbonyl (C=O) groups is 1. The molecule has 0 bridgehead atoms. The summed E-state index contributed by atoms with van der Waals surface area (Å²) in [5, 5.41) is 3.79.